The van der Waals surface area contributed by atoms with Gasteiger partial charge in [-0.3, -0.25) is 0 Å². The van der Waals surface area contributed by atoms with E-state index in [1.807, 2.05) is 12.1 Å². The normalized spacial score (nSPS) is 21.9. The zero-order valence-corrected chi connectivity index (χ0v) is 8.36. The summed E-state index contributed by atoms with van der Waals surface area (Å²) in [6, 6.07) is 4.22. The summed E-state index contributed by atoms with van der Waals surface area (Å²) >= 11 is 0. The van der Waals surface area contributed by atoms with Gasteiger partial charge < -0.3 is 10.1 Å². The van der Waals surface area contributed by atoms with Crippen molar-refractivity contribution >= 4 is 0 Å². The highest BCUT2D eigenvalue weighted by atomic mass is 16.5. The second-order valence-electron chi connectivity index (χ2n) is 3.50. The zero-order chi connectivity index (χ0) is 9.80. The predicted octanol–water partition coefficient (Wildman–Crippen LogP) is 1.30. The van der Waals surface area contributed by atoms with E-state index < -0.39 is 0 Å². The summed E-state index contributed by atoms with van der Waals surface area (Å²) in [7, 11) is 1.60. The van der Waals surface area contributed by atoms with E-state index in [0.29, 0.717) is 11.9 Å². The van der Waals surface area contributed by atoms with Crippen LogP contribution >= 0.6 is 0 Å². The molecule has 1 unspecified atom stereocenters. The van der Waals surface area contributed by atoms with Gasteiger partial charge in [0.15, 0.2) is 0 Å². The zero-order valence-electron chi connectivity index (χ0n) is 8.36. The molecule has 1 aromatic rings. The van der Waals surface area contributed by atoms with Crippen molar-refractivity contribution in [1.29, 1.82) is 0 Å². The molecule has 0 aromatic carbocycles. The van der Waals surface area contributed by atoms with Gasteiger partial charge in [-0.1, -0.05) is 6.42 Å². The van der Waals surface area contributed by atoms with Gasteiger partial charge in [-0.25, -0.2) is 0 Å². The minimum atomic E-state index is 0.377. The number of piperidine rings is 1. The number of hydrogen-bond donors (Lipinski definition) is 1. The minimum Gasteiger partial charge on any atom is -0.480 e. The summed E-state index contributed by atoms with van der Waals surface area (Å²) in [5, 5.41) is 11.5. The van der Waals surface area contributed by atoms with E-state index in [0.717, 1.165) is 18.7 Å². The number of aromatic nitrogens is 2. The van der Waals surface area contributed by atoms with Crippen LogP contribution in [0.2, 0.25) is 0 Å². The average Bonchev–Trinajstić information content (AvgIpc) is 2.30. The molecular formula is C10H15N3O. The molecule has 0 saturated carbocycles. The largest absolute Gasteiger partial charge is 0.480 e. The third kappa shape index (κ3) is 2.01. The van der Waals surface area contributed by atoms with E-state index in [1.165, 1.54) is 12.8 Å². The number of nitrogens with zero attached hydrogens (tertiary/aromatic N) is 2. The lowest BCUT2D eigenvalue weighted by Crippen LogP contribution is -2.27. The second kappa shape index (κ2) is 4.37. The molecule has 14 heavy (non-hydrogen) atoms. The number of ether oxygens (including phenoxy) is 1. The van der Waals surface area contributed by atoms with Crippen molar-refractivity contribution < 1.29 is 4.74 Å². The average molecular weight is 193 g/mol. The minimum absolute atomic E-state index is 0.377. The number of rotatable bonds is 2. The van der Waals surface area contributed by atoms with E-state index in [2.05, 4.69) is 15.5 Å². The first-order chi connectivity index (χ1) is 6.90. The van der Waals surface area contributed by atoms with Crippen LogP contribution in [0, 0.1) is 0 Å². The van der Waals surface area contributed by atoms with E-state index in [4.69, 9.17) is 4.74 Å². The molecule has 4 heteroatoms. The maximum Gasteiger partial charge on any atom is 0.233 e. The van der Waals surface area contributed by atoms with Crippen LogP contribution in [0.4, 0.5) is 0 Å². The first-order valence-electron chi connectivity index (χ1n) is 5.01. The molecule has 1 aliphatic rings. The highest BCUT2D eigenvalue weighted by molar-refractivity contribution is 5.14. The third-order valence-electron chi connectivity index (χ3n) is 2.54. The summed E-state index contributed by atoms with van der Waals surface area (Å²) < 4.78 is 4.96. The van der Waals surface area contributed by atoms with Crippen LogP contribution in [-0.4, -0.2) is 23.9 Å². The Hall–Kier alpha value is -1.16. The Morgan fingerprint density at radius 3 is 2.86 bits per heavy atom. The summed E-state index contributed by atoms with van der Waals surface area (Å²) in [5.74, 6) is 0.574. The fourth-order valence-corrected chi connectivity index (χ4v) is 1.73. The van der Waals surface area contributed by atoms with Crippen molar-refractivity contribution in [2.75, 3.05) is 13.7 Å². The molecule has 2 rings (SSSR count). The molecule has 1 aromatic heterocycles. The Morgan fingerprint density at radius 2 is 2.29 bits per heavy atom. The molecule has 1 atom stereocenters. The Bertz CT molecular complexity index is 280. The van der Waals surface area contributed by atoms with Gasteiger partial charge in [0, 0.05) is 6.07 Å². The molecule has 1 N–H and O–H groups in total. The molecule has 2 heterocycles. The Morgan fingerprint density at radius 1 is 1.36 bits per heavy atom. The monoisotopic (exact) mass is 193 g/mol. The van der Waals surface area contributed by atoms with Crippen LogP contribution < -0.4 is 10.1 Å². The SMILES string of the molecule is COc1ccc(C2CCCCN2)nn1. The van der Waals surface area contributed by atoms with Gasteiger partial charge in [0.2, 0.25) is 5.88 Å². The molecule has 0 bridgehead atoms. The molecule has 0 amide bonds. The van der Waals surface area contributed by atoms with Gasteiger partial charge in [0.05, 0.1) is 18.8 Å². The van der Waals surface area contributed by atoms with Crippen molar-refractivity contribution in [3.63, 3.8) is 0 Å². The van der Waals surface area contributed by atoms with Crippen molar-refractivity contribution in [1.82, 2.24) is 15.5 Å². The molecule has 1 saturated heterocycles. The summed E-state index contributed by atoms with van der Waals surface area (Å²) in [6.45, 7) is 1.08. The van der Waals surface area contributed by atoms with Gasteiger partial charge in [-0.2, -0.15) is 5.10 Å². The maximum atomic E-state index is 4.96. The molecule has 1 fully saturated rings. The van der Waals surface area contributed by atoms with Gasteiger partial charge in [0.1, 0.15) is 0 Å². The molecule has 0 aliphatic carbocycles. The third-order valence-corrected chi connectivity index (χ3v) is 2.54. The van der Waals surface area contributed by atoms with Crippen molar-refractivity contribution in [3.05, 3.63) is 17.8 Å². The lowest BCUT2D eigenvalue weighted by Gasteiger charge is -2.22. The molecular weight excluding hydrogens is 178 g/mol. The Balaban J connectivity index is 2.07. The molecule has 4 nitrogen and oxygen atoms in total. The molecule has 0 spiro atoms. The quantitative estimate of drug-likeness (QED) is 0.769. The molecule has 76 valence electrons. The standard InChI is InChI=1S/C10H15N3O/c1-14-10-6-5-9(12-13-10)8-4-2-3-7-11-8/h5-6,8,11H,2-4,7H2,1H3. The van der Waals surface area contributed by atoms with Crippen LogP contribution in [0.25, 0.3) is 0 Å². The number of hydrogen-bond acceptors (Lipinski definition) is 4. The van der Waals surface area contributed by atoms with Crippen LogP contribution in [0.1, 0.15) is 31.0 Å². The summed E-state index contributed by atoms with van der Waals surface area (Å²) in [5.41, 5.74) is 1.02. The van der Waals surface area contributed by atoms with Gasteiger partial charge >= 0.3 is 0 Å². The second-order valence-corrected chi connectivity index (χ2v) is 3.50. The highest BCUT2D eigenvalue weighted by Gasteiger charge is 2.15. The lowest BCUT2D eigenvalue weighted by atomic mass is 10.0. The van der Waals surface area contributed by atoms with E-state index in [-0.39, 0.29) is 0 Å². The first-order valence-corrected chi connectivity index (χ1v) is 5.01. The van der Waals surface area contributed by atoms with Crippen LogP contribution in [0.3, 0.4) is 0 Å². The lowest BCUT2D eigenvalue weighted by molar-refractivity contribution is 0.379. The molecule has 0 radical (unpaired) electrons. The fraction of sp³-hybridized carbons (Fsp3) is 0.600. The van der Waals surface area contributed by atoms with Gasteiger partial charge in [-0.15, -0.1) is 5.10 Å². The fourth-order valence-electron chi connectivity index (χ4n) is 1.73. The van der Waals surface area contributed by atoms with E-state index in [1.54, 1.807) is 7.11 Å². The number of nitrogens with one attached hydrogen (secondary N) is 1. The number of methoxy groups -OCH3 is 1. The van der Waals surface area contributed by atoms with E-state index in [9.17, 15) is 0 Å². The van der Waals surface area contributed by atoms with Gasteiger partial charge in [0.25, 0.3) is 0 Å². The maximum absolute atomic E-state index is 4.96. The summed E-state index contributed by atoms with van der Waals surface area (Å²) in [6.07, 6.45) is 3.69. The molecule has 1 aliphatic heterocycles. The van der Waals surface area contributed by atoms with Crippen LogP contribution in [-0.2, 0) is 0 Å². The van der Waals surface area contributed by atoms with E-state index >= 15 is 0 Å². The van der Waals surface area contributed by atoms with Gasteiger partial charge in [-0.05, 0) is 25.5 Å². The first kappa shape index (κ1) is 9.40. The van der Waals surface area contributed by atoms with Crippen molar-refractivity contribution in [2.45, 2.75) is 25.3 Å². The Kier molecular flexibility index (Phi) is 2.93. The van der Waals surface area contributed by atoms with Crippen molar-refractivity contribution in [2.24, 2.45) is 0 Å². The Labute approximate surface area is 83.7 Å². The van der Waals surface area contributed by atoms with Crippen LogP contribution in [0.5, 0.6) is 5.88 Å². The smallest absolute Gasteiger partial charge is 0.233 e. The predicted molar refractivity (Wildman–Crippen MR) is 53.2 cm³/mol. The van der Waals surface area contributed by atoms with Crippen molar-refractivity contribution in [3.8, 4) is 5.88 Å². The highest BCUT2D eigenvalue weighted by Crippen LogP contribution is 2.21. The topological polar surface area (TPSA) is 47.0 Å². The van der Waals surface area contributed by atoms with Crippen LogP contribution in [0.15, 0.2) is 12.1 Å². The summed E-state index contributed by atoms with van der Waals surface area (Å²) in [4.78, 5) is 0.